The van der Waals surface area contributed by atoms with Gasteiger partial charge in [0.15, 0.2) is 0 Å². The molecule has 1 aromatic rings. The minimum atomic E-state index is 0.312. The summed E-state index contributed by atoms with van der Waals surface area (Å²) in [5.41, 5.74) is 0. The van der Waals surface area contributed by atoms with Gasteiger partial charge in [-0.3, -0.25) is 0 Å². The molecule has 0 amide bonds. The first-order valence-electron chi connectivity index (χ1n) is 4.08. The molecular formula is C9H11BrN2O2. The van der Waals surface area contributed by atoms with Gasteiger partial charge in [-0.25, -0.2) is 4.98 Å². The van der Waals surface area contributed by atoms with Crippen molar-refractivity contribution in [3.8, 4) is 11.9 Å². The molecular weight excluding hydrogens is 248 g/mol. The van der Waals surface area contributed by atoms with Gasteiger partial charge in [0.1, 0.15) is 0 Å². The molecule has 5 heteroatoms. The van der Waals surface area contributed by atoms with Crippen molar-refractivity contribution in [2.45, 2.75) is 6.42 Å². The number of nitrogens with zero attached hydrogens (tertiary/aromatic N) is 2. The smallest absolute Gasteiger partial charge is 0.319 e. The third-order valence-electron chi connectivity index (χ3n) is 1.44. The van der Waals surface area contributed by atoms with E-state index in [1.54, 1.807) is 19.4 Å². The predicted octanol–water partition coefficient (Wildman–Crippen LogP) is 2.20. The third kappa shape index (κ3) is 2.99. The maximum absolute atomic E-state index is 5.25. The molecule has 0 unspecified atom stereocenters. The second kappa shape index (κ2) is 5.59. The Kier molecular flexibility index (Phi) is 4.39. The first-order valence-corrected chi connectivity index (χ1v) is 4.87. The molecule has 0 saturated carbocycles. The molecule has 0 aromatic carbocycles. The average Bonchev–Trinajstić information content (AvgIpc) is 2.21. The van der Waals surface area contributed by atoms with Crippen LogP contribution in [0.1, 0.15) is 6.42 Å². The number of rotatable bonds is 5. The summed E-state index contributed by atoms with van der Waals surface area (Å²) in [6, 6.07) is 0.312. The lowest BCUT2D eigenvalue weighted by molar-refractivity contribution is 0.290. The van der Waals surface area contributed by atoms with Gasteiger partial charge in [-0.05, 0) is 22.4 Å². The van der Waals surface area contributed by atoms with Crippen LogP contribution in [-0.4, -0.2) is 23.7 Å². The molecule has 0 saturated heterocycles. The summed E-state index contributed by atoms with van der Waals surface area (Å²) in [6.45, 7) is 4.11. The molecule has 76 valence electrons. The molecule has 0 N–H and O–H groups in total. The molecule has 0 aliphatic heterocycles. The summed E-state index contributed by atoms with van der Waals surface area (Å²) in [6.07, 6.45) is 4.13. The van der Waals surface area contributed by atoms with Gasteiger partial charge in [0.2, 0.25) is 5.88 Å². The van der Waals surface area contributed by atoms with Crippen LogP contribution in [0.4, 0.5) is 0 Å². The fourth-order valence-electron chi connectivity index (χ4n) is 0.782. The normalized spacial score (nSPS) is 9.57. The molecule has 0 atom stereocenters. The van der Waals surface area contributed by atoms with Gasteiger partial charge in [-0.15, -0.1) is 6.58 Å². The molecule has 0 bridgehead atoms. The van der Waals surface area contributed by atoms with Crippen LogP contribution in [0.25, 0.3) is 0 Å². The Morgan fingerprint density at radius 3 is 3.07 bits per heavy atom. The largest absolute Gasteiger partial charge is 0.480 e. The maximum Gasteiger partial charge on any atom is 0.319 e. The summed E-state index contributed by atoms with van der Waals surface area (Å²) >= 11 is 3.25. The van der Waals surface area contributed by atoms with E-state index >= 15 is 0 Å². The maximum atomic E-state index is 5.25. The van der Waals surface area contributed by atoms with E-state index in [1.807, 2.05) is 0 Å². The van der Waals surface area contributed by atoms with Gasteiger partial charge in [0, 0.05) is 0 Å². The average molecular weight is 259 g/mol. The number of ether oxygens (including phenoxy) is 2. The lowest BCUT2D eigenvalue weighted by atomic mass is 10.5. The van der Waals surface area contributed by atoms with Gasteiger partial charge in [-0.2, -0.15) is 4.98 Å². The van der Waals surface area contributed by atoms with E-state index in [2.05, 4.69) is 32.5 Å². The molecule has 1 rings (SSSR count). The highest BCUT2D eigenvalue weighted by molar-refractivity contribution is 9.10. The van der Waals surface area contributed by atoms with Crippen LogP contribution < -0.4 is 9.47 Å². The minimum absolute atomic E-state index is 0.312. The van der Waals surface area contributed by atoms with Crippen molar-refractivity contribution < 1.29 is 9.47 Å². The number of aromatic nitrogens is 2. The highest BCUT2D eigenvalue weighted by atomic mass is 79.9. The van der Waals surface area contributed by atoms with Crippen molar-refractivity contribution >= 4 is 15.9 Å². The van der Waals surface area contributed by atoms with Gasteiger partial charge in [-0.1, -0.05) is 6.08 Å². The second-order valence-electron chi connectivity index (χ2n) is 2.44. The summed E-state index contributed by atoms with van der Waals surface area (Å²) in [7, 11) is 1.54. The molecule has 0 aliphatic carbocycles. The van der Waals surface area contributed by atoms with Crippen molar-refractivity contribution in [1.82, 2.24) is 9.97 Å². The van der Waals surface area contributed by atoms with Crippen molar-refractivity contribution in [1.29, 1.82) is 0 Å². The van der Waals surface area contributed by atoms with E-state index in [0.717, 1.165) is 6.42 Å². The highest BCUT2D eigenvalue weighted by Crippen LogP contribution is 2.22. The number of hydrogen-bond donors (Lipinski definition) is 0. The zero-order chi connectivity index (χ0) is 10.4. The van der Waals surface area contributed by atoms with Crippen LogP contribution in [0.5, 0.6) is 11.9 Å². The quantitative estimate of drug-likeness (QED) is 0.600. The number of halogens is 1. The Morgan fingerprint density at radius 2 is 2.43 bits per heavy atom. The van der Waals surface area contributed by atoms with Gasteiger partial charge in [0.05, 0.1) is 24.4 Å². The Hall–Kier alpha value is -1.10. The molecule has 0 aliphatic rings. The first kappa shape index (κ1) is 11.0. The van der Waals surface area contributed by atoms with Crippen LogP contribution in [0, 0.1) is 0 Å². The number of methoxy groups -OCH3 is 1. The summed E-state index contributed by atoms with van der Waals surface area (Å²) in [4.78, 5) is 7.99. The molecule has 4 nitrogen and oxygen atoms in total. The number of hydrogen-bond acceptors (Lipinski definition) is 4. The summed E-state index contributed by atoms with van der Waals surface area (Å²) in [5, 5.41) is 0. The van der Waals surface area contributed by atoms with Gasteiger partial charge >= 0.3 is 6.01 Å². The van der Waals surface area contributed by atoms with E-state index in [1.165, 1.54) is 0 Å². The van der Waals surface area contributed by atoms with E-state index in [0.29, 0.717) is 23.0 Å². The predicted molar refractivity (Wildman–Crippen MR) is 56.6 cm³/mol. The van der Waals surface area contributed by atoms with Crippen molar-refractivity contribution in [2.75, 3.05) is 13.7 Å². The third-order valence-corrected chi connectivity index (χ3v) is 1.98. The first-order chi connectivity index (χ1) is 6.77. The highest BCUT2D eigenvalue weighted by Gasteiger charge is 2.04. The molecule has 14 heavy (non-hydrogen) atoms. The van der Waals surface area contributed by atoms with Gasteiger partial charge in [0.25, 0.3) is 0 Å². The SMILES string of the molecule is C=CCCOc1ncc(Br)c(OC)n1. The zero-order valence-corrected chi connectivity index (χ0v) is 9.45. The van der Waals surface area contributed by atoms with Crippen LogP contribution in [0.2, 0.25) is 0 Å². The molecule has 0 radical (unpaired) electrons. The zero-order valence-electron chi connectivity index (χ0n) is 7.86. The summed E-state index contributed by atoms with van der Waals surface area (Å²) in [5.74, 6) is 0.466. The summed E-state index contributed by atoms with van der Waals surface area (Å²) < 4.78 is 10.9. The van der Waals surface area contributed by atoms with Crippen molar-refractivity contribution in [3.63, 3.8) is 0 Å². The molecule has 1 aromatic heterocycles. The van der Waals surface area contributed by atoms with Crippen LogP contribution in [0.15, 0.2) is 23.3 Å². The van der Waals surface area contributed by atoms with Crippen LogP contribution in [-0.2, 0) is 0 Å². The minimum Gasteiger partial charge on any atom is -0.480 e. The van der Waals surface area contributed by atoms with Crippen LogP contribution >= 0.6 is 15.9 Å². The Labute approximate surface area is 91.1 Å². The topological polar surface area (TPSA) is 44.2 Å². The molecule has 0 spiro atoms. The van der Waals surface area contributed by atoms with E-state index in [4.69, 9.17) is 9.47 Å². The molecule has 1 heterocycles. The molecule has 0 fully saturated rings. The lowest BCUT2D eigenvalue weighted by Gasteiger charge is -2.05. The van der Waals surface area contributed by atoms with E-state index < -0.39 is 0 Å². The van der Waals surface area contributed by atoms with Crippen molar-refractivity contribution in [3.05, 3.63) is 23.3 Å². The fraction of sp³-hybridized carbons (Fsp3) is 0.333. The van der Waals surface area contributed by atoms with E-state index in [-0.39, 0.29) is 0 Å². The Morgan fingerprint density at radius 1 is 1.64 bits per heavy atom. The van der Waals surface area contributed by atoms with E-state index in [9.17, 15) is 0 Å². The van der Waals surface area contributed by atoms with Gasteiger partial charge < -0.3 is 9.47 Å². The Balaban J connectivity index is 2.64. The Bertz CT molecular complexity index is 318. The lowest BCUT2D eigenvalue weighted by Crippen LogP contribution is -2.01. The van der Waals surface area contributed by atoms with Crippen LogP contribution in [0.3, 0.4) is 0 Å². The fourth-order valence-corrected chi connectivity index (χ4v) is 1.14. The van der Waals surface area contributed by atoms with Crippen molar-refractivity contribution in [2.24, 2.45) is 0 Å². The standard InChI is InChI=1S/C9H11BrN2O2/c1-3-4-5-14-9-11-6-7(10)8(12-9)13-2/h3,6H,1,4-5H2,2H3. The monoisotopic (exact) mass is 258 g/mol. The second-order valence-corrected chi connectivity index (χ2v) is 3.29.